The number of rotatable bonds is 6. The minimum absolute atomic E-state index is 0.0473. The first-order chi connectivity index (χ1) is 7.31. The third kappa shape index (κ3) is 11.0. The number of carbonyl (C=O) groups is 2. The second kappa shape index (κ2) is 7.22. The van der Waals surface area contributed by atoms with Gasteiger partial charge in [0, 0.05) is 26.6 Å². The standard InChI is InChI=1S/C11H22N2O3/c1-9(14)13-8-7-12-6-5-10(15)16-11(2,3)4/h12H,5-8H2,1-4H3,(H,13,14). The molecular weight excluding hydrogens is 208 g/mol. The van der Waals surface area contributed by atoms with Gasteiger partial charge in [-0.1, -0.05) is 0 Å². The Hall–Kier alpha value is -1.10. The molecule has 0 fully saturated rings. The van der Waals surface area contributed by atoms with Crippen LogP contribution in [0.15, 0.2) is 0 Å². The predicted molar refractivity (Wildman–Crippen MR) is 62.0 cm³/mol. The molecule has 0 aromatic heterocycles. The van der Waals surface area contributed by atoms with Crippen molar-refractivity contribution in [2.24, 2.45) is 0 Å². The molecule has 94 valence electrons. The minimum atomic E-state index is -0.423. The number of hydrogen-bond donors (Lipinski definition) is 2. The van der Waals surface area contributed by atoms with Crippen LogP contribution in [0.5, 0.6) is 0 Å². The lowest BCUT2D eigenvalue weighted by Crippen LogP contribution is -2.32. The van der Waals surface area contributed by atoms with E-state index in [1.54, 1.807) is 0 Å². The SMILES string of the molecule is CC(=O)NCCNCCC(=O)OC(C)(C)C. The van der Waals surface area contributed by atoms with Gasteiger partial charge in [-0.3, -0.25) is 9.59 Å². The summed E-state index contributed by atoms with van der Waals surface area (Å²) in [5.41, 5.74) is -0.423. The zero-order valence-electron chi connectivity index (χ0n) is 10.6. The Labute approximate surface area is 96.9 Å². The fourth-order valence-corrected chi connectivity index (χ4v) is 1.03. The molecular formula is C11H22N2O3. The molecule has 1 amide bonds. The van der Waals surface area contributed by atoms with Crippen molar-refractivity contribution in [1.82, 2.24) is 10.6 Å². The smallest absolute Gasteiger partial charge is 0.307 e. The molecule has 0 heterocycles. The van der Waals surface area contributed by atoms with Crippen LogP contribution < -0.4 is 10.6 Å². The summed E-state index contributed by atoms with van der Waals surface area (Å²) in [4.78, 5) is 21.8. The first-order valence-electron chi connectivity index (χ1n) is 5.48. The molecule has 0 spiro atoms. The number of hydrogen-bond acceptors (Lipinski definition) is 4. The molecule has 0 aliphatic heterocycles. The Balaban J connectivity index is 3.38. The lowest BCUT2D eigenvalue weighted by Gasteiger charge is -2.19. The van der Waals surface area contributed by atoms with Gasteiger partial charge in [-0.2, -0.15) is 0 Å². The van der Waals surface area contributed by atoms with Crippen molar-refractivity contribution < 1.29 is 14.3 Å². The molecule has 0 saturated heterocycles. The van der Waals surface area contributed by atoms with Crippen molar-refractivity contribution in [3.05, 3.63) is 0 Å². The second-order valence-electron chi connectivity index (χ2n) is 4.57. The van der Waals surface area contributed by atoms with E-state index in [4.69, 9.17) is 4.74 Å². The molecule has 0 saturated carbocycles. The fourth-order valence-electron chi connectivity index (χ4n) is 1.03. The Morgan fingerprint density at radius 1 is 1.12 bits per heavy atom. The van der Waals surface area contributed by atoms with E-state index < -0.39 is 5.60 Å². The highest BCUT2D eigenvalue weighted by Gasteiger charge is 2.15. The number of carbonyl (C=O) groups excluding carboxylic acids is 2. The molecule has 0 aliphatic carbocycles. The van der Waals surface area contributed by atoms with Crippen LogP contribution in [0.2, 0.25) is 0 Å². The molecule has 0 unspecified atom stereocenters. The highest BCUT2D eigenvalue weighted by molar-refractivity contribution is 5.72. The Kier molecular flexibility index (Phi) is 6.72. The van der Waals surface area contributed by atoms with E-state index in [-0.39, 0.29) is 11.9 Å². The lowest BCUT2D eigenvalue weighted by atomic mass is 10.2. The summed E-state index contributed by atoms with van der Waals surface area (Å²) in [7, 11) is 0. The van der Waals surface area contributed by atoms with Gasteiger partial charge in [-0.25, -0.2) is 0 Å². The van der Waals surface area contributed by atoms with Gasteiger partial charge in [0.15, 0.2) is 0 Å². The van der Waals surface area contributed by atoms with Crippen molar-refractivity contribution in [3.8, 4) is 0 Å². The zero-order chi connectivity index (χ0) is 12.6. The van der Waals surface area contributed by atoms with Gasteiger partial charge in [0.2, 0.25) is 5.91 Å². The number of esters is 1. The van der Waals surface area contributed by atoms with Crippen LogP contribution in [-0.4, -0.2) is 37.1 Å². The molecule has 5 nitrogen and oxygen atoms in total. The summed E-state index contributed by atoms with van der Waals surface area (Å²) in [5, 5.41) is 5.70. The molecule has 0 bridgehead atoms. The van der Waals surface area contributed by atoms with E-state index >= 15 is 0 Å². The minimum Gasteiger partial charge on any atom is -0.460 e. The highest BCUT2D eigenvalue weighted by Crippen LogP contribution is 2.07. The molecule has 0 radical (unpaired) electrons. The largest absolute Gasteiger partial charge is 0.460 e. The number of amides is 1. The Morgan fingerprint density at radius 3 is 2.25 bits per heavy atom. The van der Waals surface area contributed by atoms with Gasteiger partial charge >= 0.3 is 5.97 Å². The first-order valence-corrected chi connectivity index (χ1v) is 5.48. The summed E-state index contributed by atoms with van der Waals surface area (Å²) in [6, 6.07) is 0. The Morgan fingerprint density at radius 2 is 1.75 bits per heavy atom. The van der Waals surface area contributed by atoms with Gasteiger partial charge < -0.3 is 15.4 Å². The van der Waals surface area contributed by atoms with Crippen LogP contribution in [0, 0.1) is 0 Å². The van der Waals surface area contributed by atoms with Gasteiger partial charge in [0.05, 0.1) is 6.42 Å². The van der Waals surface area contributed by atoms with Crippen molar-refractivity contribution in [3.63, 3.8) is 0 Å². The second-order valence-corrected chi connectivity index (χ2v) is 4.57. The van der Waals surface area contributed by atoms with E-state index in [0.29, 0.717) is 26.1 Å². The number of ether oxygens (including phenoxy) is 1. The average molecular weight is 230 g/mol. The summed E-state index contributed by atoms with van der Waals surface area (Å²) in [5.74, 6) is -0.256. The topological polar surface area (TPSA) is 67.4 Å². The first kappa shape index (κ1) is 14.9. The van der Waals surface area contributed by atoms with Crippen molar-refractivity contribution in [2.45, 2.75) is 39.7 Å². The molecule has 5 heteroatoms. The summed E-state index contributed by atoms with van der Waals surface area (Å²) in [6.45, 7) is 8.79. The molecule has 2 N–H and O–H groups in total. The molecule has 0 aromatic carbocycles. The van der Waals surface area contributed by atoms with Crippen molar-refractivity contribution >= 4 is 11.9 Å². The summed E-state index contributed by atoms with van der Waals surface area (Å²) >= 11 is 0. The molecule has 16 heavy (non-hydrogen) atoms. The quantitative estimate of drug-likeness (QED) is 0.513. The molecule has 0 rings (SSSR count). The summed E-state index contributed by atoms with van der Waals surface area (Å²) < 4.78 is 5.13. The third-order valence-corrected chi connectivity index (χ3v) is 1.60. The van der Waals surface area contributed by atoms with Gasteiger partial charge in [-0.05, 0) is 20.8 Å². The van der Waals surface area contributed by atoms with Gasteiger partial charge in [0.1, 0.15) is 5.60 Å². The van der Waals surface area contributed by atoms with E-state index in [0.717, 1.165) is 0 Å². The summed E-state index contributed by atoms with van der Waals surface area (Å²) in [6.07, 6.45) is 0.345. The van der Waals surface area contributed by atoms with Crippen molar-refractivity contribution in [2.75, 3.05) is 19.6 Å². The monoisotopic (exact) mass is 230 g/mol. The van der Waals surface area contributed by atoms with E-state index in [2.05, 4.69) is 10.6 Å². The lowest BCUT2D eigenvalue weighted by molar-refractivity contribution is -0.154. The molecule has 0 aromatic rings. The maximum Gasteiger partial charge on any atom is 0.307 e. The predicted octanol–water partition coefficient (Wildman–Crippen LogP) is 0.444. The highest BCUT2D eigenvalue weighted by atomic mass is 16.6. The fraction of sp³-hybridized carbons (Fsp3) is 0.818. The van der Waals surface area contributed by atoms with Crippen LogP contribution >= 0.6 is 0 Å². The molecule has 0 aliphatic rings. The van der Waals surface area contributed by atoms with E-state index in [9.17, 15) is 9.59 Å². The average Bonchev–Trinajstić information content (AvgIpc) is 2.07. The van der Waals surface area contributed by atoms with Crippen LogP contribution in [0.25, 0.3) is 0 Å². The third-order valence-electron chi connectivity index (χ3n) is 1.60. The van der Waals surface area contributed by atoms with Gasteiger partial charge in [0.25, 0.3) is 0 Å². The maximum atomic E-state index is 11.3. The van der Waals surface area contributed by atoms with Crippen LogP contribution in [0.3, 0.4) is 0 Å². The molecule has 0 atom stereocenters. The van der Waals surface area contributed by atoms with Crippen LogP contribution in [-0.2, 0) is 14.3 Å². The van der Waals surface area contributed by atoms with Crippen LogP contribution in [0.4, 0.5) is 0 Å². The van der Waals surface area contributed by atoms with Crippen LogP contribution in [0.1, 0.15) is 34.1 Å². The normalized spacial score (nSPS) is 11.0. The zero-order valence-corrected chi connectivity index (χ0v) is 10.6. The van der Waals surface area contributed by atoms with E-state index in [1.807, 2.05) is 20.8 Å². The number of nitrogens with one attached hydrogen (secondary N) is 2. The maximum absolute atomic E-state index is 11.3. The van der Waals surface area contributed by atoms with E-state index in [1.165, 1.54) is 6.92 Å². The van der Waals surface area contributed by atoms with Gasteiger partial charge in [-0.15, -0.1) is 0 Å². The van der Waals surface area contributed by atoms with Crippen molar-refractivity contribution in [1.29, 1.82) is 0 Å². The Bertz CT molecular complexity index is 234.